The predicted molar refractivity (Wildman–Crippen MR) is 400 cm³/mol. The first-order valence-electron chi connectivity index (χ1n) is 30.8. The number of anilines is 6. The van der Waals surface area contributed by atoms with Gasteiger partial charge in [0, 0.05) is 43.7 Å². The van der Waals surface area contributed by atoms with Crippen LogP contribution in [0.1, 0.15) is 44.9 Å². The van der Waals surface area contributed by atoms with Crippen molar-refractivity contribution in [3.8, 4) is 83.3 Å². The maximum absolute atomic E-state index is 12.7. The first-order valence-corrected chi connectivity index (χ1v) is 30.8. The smallest absolute Gasteiger partial charge is 0.415 e. The fourth-order valence-corrected chi connectivity index (χ4v) is 8.18. The number of methoxy groups -OCH3 is 2. The van der Waals surface area contributed by atoms with Gasteiger partial charge in [0.05, 0.1) is 68.4 Å². The maximum atomic E-state index is 12.7. The number of nitrogens with zero attached hydrogens (tertiary/aromatic N) is 12. The normalized spacial score (nSPS) is 12.0. The Morgan fingerprint density at radius 2 is 1.04 bits per heavy atom. The molecule has 5 heterocycles. The quantitative estimate of drug-likeness (QED) is 0.0199. The number of nitrogens with two attached hydrogens (primary N) is 3. The molecule has 3 amide bonds. The average molecular weight is 1450 g/mol. The summed E-state index contributed by atoms with van der Waals surface area (Å²) in [5, 5.41) is 35.0. The molecule has 35 nitrogen and oxygen atoms in total. The second kappa shape index (κ2) is 45.6. The van der Waals surface area contributed by atoms with Gasteiger partial charge < -0.3 is 69.3 Å². The molecule has 8 rings (SSSR count). The van der Waals surface area contributed by atoms with Gasteiger partial charge in [0.1, 0.15) is 45.4 Å². The number of amides is 3. The average Bonchev–Trinajstić information content (AvgIpc) is 0.796. The Morgan fingerprint density at radius 1 is 0.613 bits per heavy atom. The highest BCUT2D eigenvalue weighted by atomic mass is 16.6. The summed E-state index contributed by atoms with van der Waals surface area (Å²) in [6.07, 6.45) is 15.5. The van der Waals surface area contributed by atoms with E-state index in [9.17, 15) is 44.7 Å². The Hall–Kier alpha value is -13.3. The Bertz CT molecular complexity index is 4070. The van der Waals surface area contributed by atoms with Crippen molar-refractivity contribution in [3.05, 3.63) is 157 Å². The van der Waals surface area contributed by atoms with Gasteiger partial charge in [-0.15, -0.1) is 12.8 Å². The van der Waals surface area contributed by atoms with E-state index < -0.39 is 80.3 Å². The molecule has 41 heteroatoms. The number of nitro groups is 3. The summed E-state index contributed by atoms with van der Waals surface area (Å²) in [5.41, 5.74) is 17.2. The Balaban J connectivity index is 0.000000380. The van der Waals surface area contributed by atoms with Crippen LogP contribution in [-0.2, 0) is 33.8 Å². The van der Waals surface area contributed by atoms with Gasteiger partial charge in [-0.1, -0.05) is 57.0 Å². The summed E-state index contributed by atoms with van der Waals surface area (Å²) >= 11 is 0. The molecular weight excluding hydrogens is 1380 g/mol. The van der Waals surface area contributed by atoms with E-state index in [0.29, 0.717) is 52.0 Å². The van der Waals surface area contributed by atoms with E-state index in [1.807, 2.05) is 0 Å². The molecule has 8 bridgehead atoms. The van der Waals surface area contributed by atoms with Gasteiger partial charge >= 0.3 is 53.4 Å². The molecule has 6 N–H and O–H groups in total. The number of nitrogen functional groups attached to an aromatic ring is 3. The third-order valence-electron chi connectivity index (χ3n) is 12.7. The number of carbonyl (C=O) groups is 3. The monoisotopic (exact) mass is 1450 g/mol. The van der Waals surface area contributed by atoms with Crippen molar-refractivity contribution >= 4 is 114 Å². The van der Waals surface area contributed by atoms with Gasteiger partial charge in [-0.3, -0.25) is 45.0 Å². The number of hydrogen-bond donors (Lipinski definition) is 3. The number of ether oxygens (including phenoxy) is 11. The zero-order chi connectivity index (χ0) is 77.5. The number of fused-ring (bicyclic) bond motifs is 8. The number of hydrogen-bond acceptors (Lipinski definition) is 29. The standard InChI is InChI=1S/C20H23N5O6.2C19H21N5O7.C6H2.CH4.B6/c1-4-10-30-15-9-7-8-14(12-15)13-24(20(26)29-6-3)18-16(25(27)28)17(21)22-19(23-18)31-11-5-2;2*1-3-29-19(25)23-11-12-6-7-13(28-2)14(10-12)30-8-4-5-9-31-18-21-16(20)15(24(26)27)17(23)22-18;1-3-5-6-4-2;;1-5(2)6(3)4/h4-5,7-9,12H,1-2,6,10-11,13H2,3H3,(H2,21,22,23);2*4-7,10H,3,8-9,11H2,1-2H3,(H2,20,21,22);1-2H;1H4;/b;2*5-4-;;;. The number of rotatable bonds is 18. The Morgan fingerprint density at radius 3 is 1.43 bits per heavy atom. The topological polar surface area (TPSA) is 447 Å². The fraction of sp³-hybridized carbons (Fsp3) is 0.277. The molecule has 0 aliphatic carbocycles. The minimum Gasteiger partial charge on any atom is -0.493 e. The summed E-state index contributed by atoms with van der Waals surface area (Å²) in [6, 6.07) is 16.2. The van der Waals surface area contributed by atoms with Crippen molar-refractivity contribution in [2.75, 3.05) is 106 Å². The lowest BCUT2D eigenvalue weighted by molar-refractivity contribution is -0.383. The van der Waals surface area contributed by atoms with E-state index in [-0.39, 0.29) is 115 Å². The number of terminal acetylenes is 2. The van der Waals surface area contributed by atoms with Crippen LogP contribution < -0.4 is 69.8 Å². The molecule has 3 aromatic heterocycles. The largest absolute Gasteiger partial charge is 0.493 e. The van der Waals surface area contributed by atoms with E-state index in [2.05, 4.69) is 66.7 Å². The highest BCUT2D eigenvalue weighted by Gasteiger charge is 2.36. The van der Waals surface area contributed by atoms with Crippen LogP contribution in [0.3, 0.4) is 0 Å². The van der Waals surface area contributed by atoms with E-state index in [1.54, 1.807) is 112 Å². The molecule has 0 saturated carbocycles. The van der Waals surface area contributed by atoms with Crippen LogP contribution >= 0.6 is 0 Å². The first kappa shape index (κ1) is 87.0. The molecule has 0 spiro atoms. The summed E-state index contributed by atoms with van der Waals surface area (Å²) < 4.78 is 58.9. The lowest BCUT2D eigenvalue weighted by Gasteiger charge is -2.22. The summed E-state index contributed by atoms with van der Waals surface area (Å²) in [5.74, 6) is 8.63. The second-order valence-electron chi connectivity index (χ2n) is 20.0. The van der Waals surface area contributed by atoms with Crippen molar-refractivity contribution in [3.63, 3.8) is 0 Å². The second-order valence-corrected chi connectivity index (χ2v) is 20.0. The van der Waals surface area contributed by atoms with Crippen molar-refractivity contribution in [1.82, 2.24) is 29.9 Å². The zero-order valence-electron chi connectivity index (χ0n) is 57.5. The summed E-state index contributed by atoms with van der Waals surface area (Å²) in [7, 11) is 22.9. The highest BCUT2D eigenvalue weighted by molar-refractivity contribution is 7.76. The highest BCUT2D eigenvalue weighted by Crippen LogP contribution is 2.39. The van der Waals surface area contributed by atoms with E-state index in [0.717, 1.165) is 14.7 Å². The lowest BCUT2D eigenvalue weighted by Crippen LogP contribution is -2.38. The van der Waals surface area contributed by atoms with E-state index in [4.69, 9.17) is 113 Å². The minimum atomic E-state index is -0.851. The fourth-order valence-electron chi connectivity index (χ4n) is 8.18. The van der Waals surface area contributed by atoms with Crippen LogP contribution in [0.4, 0.5) is 66.4 Å². The first-order chi connectivity index (χ1) is 50.3. The van der Waals surface area contributed by atoms with Gasteiger partial charge in [0.15, 0.2) is 23.0 Å². The lowest BCUT2D eigenvalue weighted by atomic mass is 8.81. The molecule has 0 saturated heterocycles. The maximum Gasteiger partial charge on any atom is 0.415 e. The van der Waals surface area contributed by atoms with Crippen LogP contribution in [0, 0.1) is 66.9 Å². The molecular formula is C65H71B6N15O20. The van der Waals surface area contributed by atoms with E-state index >= 15 is 0 Å². The van der Waals surface area contributed by atoms with Gasteiger partial charge in [0.2, 0.25) is 34.9 Å². The van der Waals surface area contributed by atoms with Crippen LogP contribution in [-0.4, -0.2) is 180 Å². The molecule has 0 unspecified atom stereocenters. The van der Waals surface area contributed by atoms with Crippen molar-refractivity contribution < 1.29 is 81.3 Å². The third kappa shape index (κ3) is 26.9. The number of aromatic nitrogens is 6. The molecule has 2 aliphatic rings. The third-order valence-corrected chi connectivity index (χ3v) is 12.7. The van der Waals surface area contributed by atoms with Crippen molar-refractivity contribution in [2.45, 2.75) is 47.8 Å². The van der Waals surface area contributed by atoms with Gasteiger partial charge in [-0.05, 0) is 122 Å². The molecule has 0 fully saturated rings. The van der Waals surface area contributed by atoms with Crippen LogP contribution in [0.15, 0.2) is 110 Å². The SMILES string of the molecule is C.C#CC#CC#C.C=CCOc1cccc(CN(C(=O)OCC)c2nc(OCC=C)nc(N)c2[N+](=O)[O-])c1.CCOC(=O)N1Cc2ccc(OC)c(c2)OC/C=C\COc2nc(N)c([N+](=O)[O-])c1n2.CCOC(=O)N1Cc2ccc(OC)c(c2)OC/C=C\COc2nc(N)c([N+](=O)[O-])c1n2.[B]B([B])B([B])[B]. The van der Waals surface area contributed by atoms with Crippen LogP contribution in [0.5, 0.6) is 46.8 Å². The van der Waals surface area contributed by atoms with Crippen LogP contribution in [0.25, 0.3) is 0 Å². The molecule has 106 heavy (non-hydrogen) atoms. The van der Waals surface area contributed by atoms with Crippen molar-refractivity contribution in [1.29, 1.82) is 0 Å². The Kier molecular flexibility index (Phi) is 37.4. The molecule has 6 aromatic rings. The molecule has 2 aliphatic heterocycles. The van der Waals surface area contributed by atoms with Gasteiger partial charge in [-0.2, -0.15) is 29.9 Å². The molecule has 3 aromatic carbocycles. The summed E-state index contributed by atoms with van der Waals surface area (Å²) in [4.78, 5) is 97.5. The van der Waals surface area contributed by atoms with Crippen molar-refractivity contribution in [2.24, 2.45) is 0 Å². The Labute approximate surface area is 616 Å². The van der Waals surface area contributed by atoms with Gasteiger partial charge in [-0.25, -0.2) is 14.4 Å². The molecule has 0 atom stereocenters. The number of benzene rings is 3. The van der Waals surface area contributed by atoms with Crippen LogP contribution in [0.2, 0.25) is 0 Å². The zero-order valence-corrected chi connectivity index (χ0v) is 57.5. The molecule has 544 valence electrons. The predicted octanol–water partition coefficient (Wildman–Crippen LogP) is 6.80. The summed E-state index contributed by atoms with van der Waals surface area (Å²) in [6.45, 7) is 12.7. The van der Waals surface area contributed by atoms with E-state index in [1.165, 1.54) is 20.3 Å². The molecule has 8 radical (unpaired) electrons. The van der Waals surface area contributed by atoms with Gasteiger partial charge in [0.25, 0.3) is 0 Å². The number of carbonyl (C=O) groups excluding carboxylic acids is 3. The minimum absolute atomic E-state index is 0.